The monoisotopic (exact) mass is 292 g/mol. The minimum Gasteiger partial charge on any atom is -0.493 e. The van der Waals surface area contributed by atoms with Gasteiger partial charge in [-0.3, -0.25) is 4.79 Å². The Kier molecular flexibility index (Phi) is 5.44. The minimum absolute atomic E-state index is 0.0327. The fraction of sp³-hybridized carbons (Fsp3) is 0.562. The number of hydrogen-bond acceptors (Lipinski definition) is 4. The molecule has 1 saturated carbocycles. The summed E-state index contributed by atoms with van der Waals surface area (Å²) in [6.07, 6.45) is 3.76. The van der Waals surface area contributed by atoms with Crippen LogP contribution in [-0.4, -0.2) is 26.2 Å². The molecule has 1 aliphatic carbocycles. The van der Waals surface area contributed by atoms with Gasteiger partial charge in [-0.25, -0.2) is 0 Å². The number of para-hydroxylation sites is 1. The lowest BCUT2D eigenvalue weighted by molar-refractivity contribution is -0.126. The highest BCUT2D eigenvalue weighted by molar-refractivity contribution is 5.78. The third kappa shape index (κ3) is 3.88. The van der Waals surface area contributed by atoms with Gasteiger partial charge in [0.25, 0.3) is 0 Å². The largest absolute Gasteiger partial charge is 0.493 e. The van der Waals surface area contributed by atoms with E-state index in [1.54, 1.807) is 14.2 Å². The van der Waals surface area contributed by atoms with Crippen molar-refractivity contribution in [1.29, 1.82) is 0 Å². The van der Waals surface area contributed by atoms with Crippen LogP contribution in [0.2, 0.25) is 0 Å². The van der Waals surface area contributed by atoms with Crippen molar-refractivity contribution in [3.05, 3.63) is 23.8 Å². The lowest BCUT2D eigenvalue weighted by atomic mass is 9.85. The van der Waals surface area contributed by atoms with Gasteiger partial charge in [0.05, 0.1) is 14.2 Å². The predicted molar refractivity (Wildman–Crippen MR) is 81.3 cm³/mol. The van der Waals surface area contributed by atoms with Crippen LogP contribution in [0, 0.1) is 5.92 Å². The smallest absolute Gasteiger partial charge is 0.223 e. The van der Waals surface area contributed by atoms with E-state index in [0.29, 0.717) is 18.0 Å². The molecule has 1 fully saturated rings. The van der Waals surface area contributed by atoms with E-state index in [1.807, 2.05) is 18.2 Å². The molecule has 0 bridgehead atoms. The third-order valence-corrected chi connectivity index (χ3v) is 4.02. The Bertz CT molecular complexity index is 490. The molecule has 21 heavy (non-hydrogen) atoms. The van der Waals surface area contributed by atoms with Crippen LogP contribution >= 0.6 is 0 Å². The molecule has 0 aliphatic heterocycles. The van der Waals surface area contributed by atoms with Crippen molar-refractivity contribution >= 4 is 5.91 Å². The maximum absolute atomic E-state index is 12.2. The van der Waals surface area contributed by atoms with E-state index in [1.165, 1.54) is 0 Å². The molecule has 1 aliphatic rings. The SMILES string of the molecule is COc1cccc(CNC(=O)C2CCCC(N)C2)c1OC. The Hall–Kier alpha value is -1.75. The average Bonchev–Trinajstić information content (AvgIpc) is 2.51. The number of nitrogens with two attached hydrogens (primary N) is 1. The van der Waals surface area contributed by atoms with Gasteiger partial charge in [0, 0.05) is 24.1 Å². The first kappa shape index (κ1) is 15.6. The van der Waals surface area contributed by atoms with E-state index in [9.17, 15) is 4.79 Å². The zero-order valence-electron chi connectivity index (χ0n) is 12.7. The van der Waals surface area contributed by atoms with E-state index < -0.39 is 0 Å². The van der Waals surface area contributed by atoms with Crippen LogP contribution in [0.15, 0.2) is 18.2 Å². The molecular formula is C16H24N2O3. The molecule has 1 aromatic carbocycles. The first-order chi connectivity index (χ1) is 10.2. The summed E-state index contributed by atoms with van der Waals surface area (Å²) < 4.78 is 10.6. The molecule has 2 unspecified atom stereocenters. The second kappa shape index (κ2) is 7.31. The Balaban J connectivity index is 1.98. The number of methoxy groups -OCH3 is 2. The summed E-state index contributed by atoms with van der Waals surface area (Å²) >= 11 is 0. The molecule has 0 heterocycles. The molecule has 1 aromatic rings. The summed E-state index contributed by atoms with van der Waals surface area (Å²) in [5, 5.41) is 2.99. The number of rotatable bonds is 5. The molecule has 3 N–H and O–H groups in total. The summed E-state index contributed by atoms with van der Waals surface area (Å²) in [7, 11) is 3.20. The molecule has 5 heteroatoms. The van der Waals surface area contributed by atoms with E-state index in [0.717, 1.165) is 31.2 Å². The number of nitrogens with one attached hydrogen (secondary N) is 1. The first-order valence-corrected chi connectivity index (χ1v) is 7.38. The van der Waals surface area contributed by atoms with E-state index >= 15 is 0 Å². The highest BCUT2D eigenvalue weighted by Gasteiger charge is 2.25. The van der Waals surface area contributed by atoms with Crippen LogP contribution in [0.5, 0.6) is 11.5 Å². The third-order valence-electron chi connectivity index (χ3n) is 4.02. The van der Waals surface area contributed by atoms with E-state index in [2.05, 4.69) is 5.32 Å². The molecular weight excluding hydrogens is 268 g/mol. The van der Waals surface area contributed by atoms with Crippen LogP contribution in [-0.2, 0) is 11.3 Å². The zero-order valence-corrected chi connectivity index (χ0v) is 12.7. The van der Waals surface area contributed by atoms with Gasteiger partial charge in [0.1, 0.15) is 0 Å². The summed E-state index contributed by atoms with van der Waals surface area (Å²) in [5.74, 6) is 1.45. The van der Waals surface area contributed by atoms with Crippen molar-refractivity contribution in [3.8, 4) is 11.5 Å². The van der Waals surface area contributed by atoms with Crippen molar-refractivity contribution in [3.63, 3.8) is 0 Å². The Labute approximate surface area is 125 Å². The second-order valence-corrected chi connectivity index (χ2v) is 5.49. The molecule has 5 nitrogen and oxygen atoms in total. The van der Waals surface area contributed by atoms with Gasteiger partial charge in [0.2, 0.25) is 5.91 Å². The van der Waals surface area contributed by atoms with E-state index in [-0.39, 0.29) is 17.9 Å². The van der Waals surface area contributed by atoms with Gasteiger partial charge in [-0.1, -0.05) is 18.6 Å². The van der Waals surface area contributed by atoms with Crippen LogP contribution < -0.4 is 20.5 Å². The van der Waals surface area contributed by atoms with Crippen LogP contribution in [0.3, 0.4) is 0 Å². The summed E-state index contributed by atoms with van der Waals surface area (Å²) in [5.41, 5.74) is 6.84. The van der Waals surface area contributed by atoms with Gasteiger partial charge in [-0.05, 0) is 25.3 Å². The number of benzene rings is 1. The second-order valence-electron chi connectivity index (χ2n) is 5.49. The van der Waals surface area contributed by atoms with Gasteiger partial charge in [-0.15, -0.1) is 0 Å². The number of carbonyl (C=O) groups is 1. The molecule has 2 rings (SSSR count). The summed E-state index contributed by atoms with van der Waals surface area (Å²) in [6, 6.07) is 5.80. The maximum atomic E-state index is 12.2. The van der Waals surface area contributed by atoms with Gasteiger partial charge < -0.3 is 20.5 Å². The minimum atomic E-state index is 0.0327. The average molecular weight is 292 g/mol. The maximum Gasteiger partial charge on any atom is 0.223 e. The fourth-order valence-corrected chi connectivity index (χ4v) is 2.89. The highest BCUT2D eigenvalue weighted by Crippen LogP contribution is 2.30. The molecule has 116 valence electrons. The van der Waals surface area contributed by atoms with Gasteiger partial charge in [-0.2, -0.15) is 0 Å². The lowest BCUT2D eigenvalue weighted by Gasteiger charge is -2.25. The summed E-state index contributed by atoms with van der Waals surface area (Å²) in [4.78, 5) is 12.2. The topological polar surface area (TPSA) is 73.6 Å². The van der Waals surface area contributed by atoms with Crippen molar-refractivity contribution in [2.45, 2.75) is 38.3 Å². The van der Waals surface area contributed by atoms with Crippen molar-refractivity contribution < 1.29 is 14.3 Å². The molecule has 0 aromatic heterocycles. The number of hydrogen-bond donors (Lipinski definition) is 2. The number of carbonyl (C=O) groups excluding carboxylic acids is 1. The standard InChI is InChI=1S/C16H24N2O3/c1-20-14-8-4-6-12(15(14)21-2)10-18-16(19)11-5-3-7-13(17)9-11/h4,6,8,11,13H,3,5,7,9-10,17H2,1-2H3,(H,18,19). The molecule has 0 radical (unpaired) electrons. The van der Waals surface area contributed by atoms with Crippen LogP contribution in [0.4, 0.5) is 0 Å². The van der Waals surface area contributed by atoms with Gasteiger partial charge >= 0.3 is 0 Å². The predicted octanol–water partition coefficient (Wildman–Crippen LogP) is 1.84. The van der Waals surface area contributed by atoms with Gasteiger partial charge in [0.15, 0.2) is 11.5 Å². The van der Waals surface area contributed by atoms with Crippen molar-refractivity contribution in [1.82, 2.24) is 5.32 Å². The quantitative estimate of drug-likeness (QED) is 0.868. The molecule has 1 amide bonds. The van der Waals surface area contributed by atoms with Crippen LogP contribution in [0.1, 0.15) is 31.2 Å². The zero-order chi connectivity index (χ0) is 15.2. The van der Waals surface area contributed by atoms with Crippen molar-refractivity contribution in [2.75, 3.05) is 14.2 Å². The molecule has 0 saturated heterocycles. The Morgan fingerprint density at radius 2 is 2.14 bits per heavy atom. The number of ether oxygens (including phenoxy) is 2. The molecule has 2 atom stereocenters. The summed E-state index contributed by atoms with van der Waals surface area (Å²) in [6.45, 7) is 0.435. The molecule has 0 spiro atoms. The lowest BCUT2D eigenvalue weighted by Crippen LogP contribution is -2.37. The highest BCUT2D eigenvalue weighted by atomic mass is 16.5. The van der Waals surface area contributed by atoms with Crippen LogP contribution in [0.25, 0.3) is 0 Å². The Morgan fingerprint density at radius 3 is 2.81 bits per heavy atom. The fourth-order valence-electron chi connectivity index (χ4n) is 2.89. The first-order valence-electron chi connectivity index (χ1n) is 7.38. The van der Waals surface area contributed by atoms with Crippen molar-refractivity contribution in [2.24, 2.45) is 11.7 Å². The Morgan fingerprint density at radius 1 is 1.33 bits per heavy atom. The normalized spacial score (nSPS) is 21.7. The van der Waals surface area contributed by atoms with E-state index in [4.69, 9.17) is 15.2 Å². The number of amides is 1.